The van der Waals surface area contributed by atoms with Gasteiger partial charge in [0.2, 0.25) is 0 Å². The first-order valence-electron chi connectivity index (χ1n) is 5.75. The second-order valence-electron chi connectivity index (χ2n) is 4.41. The van der Waals surface area contributed by atoms with Crippen LogP contribution in [0.15, 0.2) is 48.8 Å². The molecule has 0 saturated carbocycles. The van der Waals surface area contributed by atoms with Crippen molar-refractivity contribution in [1.82, 2.24) is 9.38 Å². The Bertz CT molecular complexity index is 647. The van der Waals surface area contributed by atoms with E-state index in [9.17, 15) is 0 Å². The third-order valence-corrected chi connectivity index (χ3v) is 3.03. The van der Waals surface area contributed by atoms with Gasteiger partial charge in [-0.2, -0.15) is 0 Å². The van der Waals surface area contributed by atoms with E-state index in [0.717, 1.165) is 11.3 Å². The highest BCUT2D eigenvalue weighted by atomic mass is 15.0. The number of imidazole rings is 1. The van der Waals surface area contributed by atoms with Gasteiger partial charge in [0.25, 0.3) is 0 Å². The average molecular weight is 222 g/mol. The van der Waals surface area contributed by atoms with Gasteiger partial charge in [-0.25, -0.2) is 4.98 Å². The zero-order valence-corrected chi connectivity index (χ0v) is 10.0. The highest BCUT2D eigenvalue weighted by Gasteiger charge is 2.06. The summed E-state index contributed by atoms with van der Waals surface area (Å²) >= 11 is 0. The van der Waals surface area contributed by atoms with Crippen LogP contribution in [0.25, 0.3) is 16.9 Å². The molecule has 0 fully saturated rings. The molecule has 0 unspecified atom stereocenters. The van der Waals surface area contributed by atoms with Crippen LogP contribution in [0.2, 0.25) is 0 Å². The average Bonchev–Trinajstić information content (AvgIpc) is 2.75. The number of hydrogen-bond donors (Lipinski definition) is 0. The zero-order chi connectivity index (χ0) is 11.8. The van der Waals surface area contributed by atoms with Crippen molar-refractivity contribution in [3.8, 4) is 11.3 Å². The third-order valence-electron chi connectivity index (χ3n) is 3.03. The molecule has 2 heteroatoms. The summed E-state index contributed by atoms with van der Waals surface area (Å²) in [5, 5.41) is 0. The van der Waals surface area contributed by atoms with Crippen LogP contribution < -0.4 is 0 Å². The Kier molecular flexibility index (Phi) is 2.22. The van der Waals surface area contributed by atoms with Crippen molar-refractivity contribution in [1.29, 1.82) is 0 Å². The Morgan fingerprint density at radius 2 is 1.94 bits per heavy atom. The van der Waals surface area contributed by atoms with E-state index in [4.69, 9.17) is 0 Å². The minimum atomic E-state index is 0.989. The van der Waals surface area contributed by atoms with Crippen LogP contribution in [0.3, 0.4) is 0 Å². The fraction of sp³-hybridized carbons (Fsp3) is 0.133. The quantitative estimate of drug-likeness (QED) is 0.614. The maximum absolute atomic E-state index is 4.65. The normalized spacial score (nSPS) is 10.9. The topological polar surface area (TPSA) is 17.3 Å². The predicted octanol–water partition coefficient (Wildman–Crippen LogP) is 3.62. The molecule has 0 spiro atoms. The number of nitrogens with zero attached hydrogens (tertiary/aromatic N) is 2. The molecule has 1 aromatic carbocycles. The fourth-order valence-corrected chi connectivity index (χ4v) is 2.08. The van der Waals surface area contributed by atoms with Crippen molar-refractivity contribution in [3.05, 3.63) is 59.9 Å². The maximum atomic E-state index is 4.65. The van der Waals surface area contributed by atoms with Crippen LogP contribution in [0.1, 0.15) is 11.1 Å². The van der Waals surface area contributed by atoms with E-state index in [1.54, 1.807) is 0 Å². The molecule has 3 aromatic rings. The first-order valence-corrected chi connectivity index (χ1v) is 5.75. The van der Waals surface area contributed by atoms with Crippen molar-refractivity contribution in [2.75, 3.05) is 0 Å². The minimum Gasteiger partial charge on any atom is -0.306 e. The van der Waals surface area contributed by atoms with Crippen LogP contribution in [-0.2, 0) is 0 Å². The van der Waals surface area contributed by atoms with Gasteiger partial charge in [-0.1, -0.05) is 23.8 Å². The monoisotopic (exact) mass is 222 g/mol. The molecule has 2 aromatic heterocycles. The van der Waals surface area contributed by atoms with Crippen molar-refractivity contribution in [3.63, 3.8) is 0 Å². The number of benzene rings is 1. The molecule has 84 valence electrons. The van der Waals surface area contributed by atoms with E-state index < -0.39 is 0 Å². The lowest BCUT2D eigenvalue weighted by molar-refractivity contribution is 1.19. The molecular formula is C15H14N2. The van der Waals surface area contributed by atoms with E-state index in [-0.39, 0.29) is 0 Å². The highest BCUT2D eigenvalue weighted by Crippen LogP contribution is 2.23. The molecule has 0 amide bonds. The molecule has 0 N–H and O–H groups in total. The van der Waals surface area contributed by atoms with Crippen LogP contribution in [0, 0.1) is 13.8 Å². The second-order valence-corrected chi connectivity index (χ2v) is 4.41. The molecule has 0 aliphatic heterocycles. The lowest BCUT2D eigenvalue weighted by Crippen LogP contribution is -1.84. The number of fused-ring (bicyclic) bond motifs is 1. The van der Waals surface area contributed by atoms with E-state index in [2.05, 4.69) is 47.6 Å². The Balaban J connectivity index is 2.23. The fourth-order valence-electron chi connectivity index (χ4n) is 2.08. The van der Waals surface area contributed by atoms with Crippen molar-refractivity contribution < 1.29 is 0 Å². The summed E-state index contributed by atoms with van der Waals surface area (Å²) in [6, 6.07) is 12.5. The van der Waals surface area contributed by atoms with E-state index in [1.165, 1.54) is 16.7 Å². The van der Waals surface area contributed by atoms with E-state index >= 15 is 0 Å². The number of aromatic nitrogens is 2. The van der Waals surface area contributed by atoms with Crippen LogP contribution >= 0.6 is 0 Å². The number of rotatable bonds is 1. The van der Waals surface area contributed by atoms with E-state index in [0.29, 0.717) is 0 Å². The van der Waals surface area contributed by atoms with Gasteiger partial charge in [0.1, 0.15) is 5.65 Å². The van der Waals surface area contributed by atoms with Crippen molar-refractivity contribution in [2.24, 2.45) is 0 Å². The lowest BCUT2D eigenvalue weighted by atomic mass is 10.0. The SMILES string of the molecule is Cc1ccc(C)c(-c2cn3ccccc3n2)c1. The lowest BCUT2D eigenvalue weighted by Gasteiger charge is -2.03. The first kappa shape index (κ1) is 10.1. The minimum absolute atomic E-state index is 0.989. The Hall–Kier alpha value is -2.09. The summed E-state index contributed by atoms with van der Waals surface area (Å²) in [5.41, 5.74) is 5.77. The molecule has 0 saturated heterocycles. The summed E-state index contributed by atoms with van der Waals surface area (Å²) in [6.45, 7) is 4.23. The molecule has 2 nitrogen and oxygen atoms in total. The van der Waals surface area contributed by atoms with Crippen molar-refractivity contribution in [2.45, 2.75) is 13.8 Å². The Morgan fingerprint density at radius 1 is 1.06 bits per heavy atom. The van der Waals surface area contributed by atoms with Gasteiger partial charge in [-0.05, 0) is 37.6 Å². The van der Waals surface area contributed by atoms with Gasteiger partial charge in [-0.15, -0.1) is 0 Å². The summed E-state index contributed by atoms with van der Waals surface area (Å²) < 4.78 is 2.05. The van der Waals surface area contributed by atoms with Gasteiger partial charge < -0.3 is 4.40 Å². The molecule has 0 atom stereocenters. The molecule has 0 aliphatic carbocycles. The molecule has 17 heavy (non-hydrogen) atoms. The van der Waals surface area contributed by atoms with Gasteiger partial charge in [-0.3, -0.25) is 0 Å². The standard InChI is InChI=1S/C15H14N2/c1-11-6-7-12(2)13(9-11)14-10-17-8-4-3-5-15(17)16-14/h3-10H,1-2H3. The number of hydrogen-bond acceptors (Lipinski definition) is 1. The number of aryl methyl sites for hydroxylation is 2. The summed E-state index contributed by atoms with van der Waals surface area (Å²) in [5.74, 6) is 0. The predicted molar refractivity (Wildman–Crippen MR) is 70.1 cm³/mol. The van der Waals surface area contributed by atoms with Crippen LogP contribution in [0.5, 0.6) is 0 Å². The zero-order valence-electron chi connectivity index (χ0n) is 10.0. The molecule has 3 rings (SSSR count). The van der Waals surface area contributed by atoms with Gasteiger partial charge >= 0.3 is 0 Å². The van der Waals surface area contributed by atoms with Gasteiger partial charge in [0.05, 0.1) is 5.69 Å². The number of pyridine rings is 1. The van der Waals surface area contributed by atoms with Crippen LogP contribution in [-0.4, -0.2) is 9.38 Å². The molecule has 2 heterocycles. The highest BCUT2D eigenvalue weighted by molar-refractivity contribution is 5.66. The molecule has 0 radical (unpaired) electrons. The van der Waals surface area contributed by atoms with Gasteiger partial charge in [0.15, 0.2) is 0 Å². The molecule has 0 bridgehead atoms. The summed E-state index contributed by atoms with van der Waals surface area (Å²) in [6.07, 6.45) is 4.11. The second kappa shape index (κ2) is 3.74. The maximum Gasteiger partial charge on any atom is 0.137 e. The summed E-state index contributed by atoms with van der Waals surface area (Å²) in [4.78, 5) is 4.65. The van der Waals surface area contributed by atoms with Gasteiger partial charge in [0, 0.05) is 18.0 Å². The molecular weight excluding hydrogens is 208 g/mol. The molecule has 0 aliphatic rings. The Labute approximate surface area is 101 Å². The third kappa shape index (κ3) is 1.72. The van der Waals surface area contributed by atoms with Crippen molar-refractivity contribution >= 4 is 5.65 Å². The van der Waals surface area contributed by atoms with Crippen LogP contribution in [0.4, 0.5) is 0 Å². The first-order chi connectivity index (χ1) is 8.24. The van der Waals surface area contributed by atoms with E-state index in [1.807, 2.05) is 24.4 Å². The Morgan fingerprint density at radius 3 is 2.76 bits per heavy atom. The summed E-state index contributed by atoms with van der Waals surface area (Å²) in [7, 11) is 0. The largest absolute Gasteiger partial charge is 0.306 e. The smallest absolute Gasteiger partial charge is 0.137 e.